The van der Waals surface area contributed by atoms with Crippen LogP contribution in [-0.2, 0) is 16.4 Å². The van der Waals surface area contributed by atoms with Crippen LogP contribution in [0.4, 0.5) is 5.82 Å². The largest absolute Gasteiger partial charge is 0.363 e. The molecule has 0 spiro atoms. The third-order valence-corrected chi connectivity index (χ3v) is 6.14. The Morgan fingerprint density at radius 3 is 2.72 bits per heavy atom. The van der Waals surface area contributed by atoms with Crippen molar-refractivity contribution < 1.29 is 8.42 Å². The van der Waals surface area contributed by atoms with E-state index in [0.29, 0.717) is 0 Å². The Hall–Kier alpha value is -2.03. The SMILES string of the molecule is CCc1cc2c(NC(CC)c3cccc(S(N)(=O)=O)c3)ncnc2s1. The number of hydrogen-bond acceptors (Lipinski definition) is 6. The van der Waals surface area contributed by atoms with E-state index in [1.54, 1.807) is 29.8 Å². The Labute approximate surface area is 151 Å². The van der Waals surface area contributed by atoms with Gasteiger partial charge in [-0.15, -0.1) is 11.3 Å². The molecule has 6 nitrogen and oxygen atoms in total. The lowest BCUT2D eigenvalue weighted by molar-refractivity contribution is 0.597. The van der Waals surface area contributed by atoms with Crippen LogP contribution in [0.25, 0.3) is 10.2 Å². The number of nitrogens with one attached hydrogen (secondary N) is 1. The number of nitrogens with two attached hydrogens (primary N) is 1. The Morgan fingerprint density at radius 2 is 2.04 bits per heavy atom. The maximum absolute atomic E-state index is 11.6. The second-order valence-electron chi connectivity index (χ2n) is 5.73. The molecule has 0 aliphatic heterocycles. The van der Waals surface area contributed by atoms with E-state index in [1.165, 1.54) is 10.9 Å². The summed E-state index contributed by atoms with van der Waals surface area (Å²) < 4.78 is 23.2. The van der Waals surface area contributed by atoms with Crippen LogP contribution >= 0.6 is 11.3 Å². The quantitative estimate of drug-likeness (QED) is 0.686. The first-order valence-corrected chi connectivity index (χ1v) is 10.4. The highest BCUT2D eigenvalue weighted by molar-refractivity contribution is 7.89. The van der Waals surface area contributed by atoms with Gasteiger partial charge in [0.05, 0.1) is 16.3 Å². The lowest BCUT2D eigenvalue weighted by Crippen LogP contribution is -2.15. The molecule has 25 heavy (non-hydrogen) atoms. The average Bonchev–Trinajstić information content (AvgIpc) is 3.03. The van der Waals surface area contributed by atoms with E-state index in [9.17, 15) is 8.42 Å². The predicted octanol–water partition coefficient (Wildman–Crippen LogP) is 3.46. The summed E-state index contributed by atoms with van der Waals surface area (Å²) in [5.41, 5.74) is 0.853. The molecule has 2 aromatic heterocycles. The predicted molar refractivity (Wildman–Crippen MR) is 101 cm³/mol. The van der Waals surface area contributed by atoms with Gasteiger partial charge in [0.1, 0.15) is 17.0 Å². The summed E-state index contributed by atoms with van der Waals surface area (Å²) in [6.07, 6.45) is 3.27. The lowest BCUT2D eigenvalue weighted by Gasteiger charge is -2.19. The maximum Gasteiger partial charge on any atom is 0.238 e. The summed E-state index contributed by atoms with van der Waals surface area (Å²) in [6.45, 7) is 4.14. The van der Waals surface area contributed by atoms with Crippen LogP contribution in [0.5, 0.6) is 0 Å². The van der Waals surface area contributed by atoms with Crippen LogP contribution in [0.2, 0.25) is 0 Å². The summed E-state index contributed by atoms with van der Waals surface area (Å²) in [4.78, 5) is 11.0. The fourth-order valence-corrected chi connectivity index (χ4v) is 4.19. The first kappa shape index (κ1) is 17.8. The van der Waals surface area contributed by atoms with Gasteiger partial charge in [-0.25, -0.2) is 23.5 Å². The van der Waals surface area contributed by atoms with Crippen LogP contribution in [0.1, 0.15) is 36.8 Å². The normalized spacial score (nSPS) is 13.1. The molecule has 132 valence electrons. The number of sulfonamides is 1. The van der Waals surface area contributed by atoms with Gasteiger partial charge in [0, 0.05) is 4.88 Å². The number of anilines is 1. The van der Waals surface area contributed by atoms with E-state index in [0.717, 1.165) is 34.4 Å². The van der Waals surface area contributed by atoms with Gasteiger partial charge in [0.2, 0.25) is 10.0 Å². The van der Waals surface area contributed by atoms with Gasteiger partial charge in [-0.1, -0.05) is 26.0 Å². The van der Waals surface area contributed by atoms with Gasteiger partial charge in [0.15, 0.2) is 0 Å². The number of rotatable bonds is 6. The van der Waals surface area contributed by atoms with E-state index >= 15 is 0 Å². The number of thiophene rings is 1. The van der Waals surface area contributed by atoms with Crippen LogP contribution in [0.3, 0.4) is 0 Å². The van der Waals surface area contributed by atoms with Crippen molar-refractivity contribution >= 4 is 37.4 Å². The molecular weight excluding hydrogens is 356 g/mol. The Morgan fingerprint density at radius 1 is 1.24 bits per heavy atom. The van der Waals surface area contributed by atoms with Crippen LogP contribution < -0.4 is 10.5 Å². The minimum absolute atomic E-state index is 0.0789. The van der Waals surface area contributed by atoms with Crippen LogP contribution in [-0.4, -0.2) is 18.4 Å². The number of nitrogens with zero attached hydrogens (tertiary/aromatic N) is 2. The molecule has 0 amide bonds. The minimum atomic E-state index is -3.73. The minimum Gasteiger partial charge on any atom is -0.363 e. The lowest BCUT2D eigenvalue weighted by atomic mass is 10.0. The third kappa shape index (κ3) is 3.81. The molecule has 3 N–H and O–H groups in total. The van der Waals surface area contributed by atoms with Crippen molar-refractivity contribution in [1.29, 1.82) is 0 Å². The molecule has 1 aromatic carbocycles. The van der Waals surface area contributed by atoms with Crippen molar-refractivity contribution in [2.24, 2.45) is 5.14 Å². The van der Waals surface area contributed by atoms with Crippen LogP contribution in [0, 0.1) is 0 Å². The maximum atomic E-state index is 11.6. The van der Waals surface area contributed by atoms with E-state index in [-0.39, 0.29) is 10.9 Å². The van der Waals surface area contributed by atoms with Crippen molar-refractivity contribution in [1.82, 2.24) is 9.97 Å². The van der Waals surface area contributed by atoms with Crippen molar-refractivity contribution in [3.05, 3.63) is 47.1 Å². The first-order valence-electron chi connectivity index (χ1n) is 8.05. The number of aromatic nitrogens is 2. The van der Waals surface area contributed by atoms with Gasteiger partial charge in [-0.2, -0.15) is 0 Å². The highest BCUT2D eigenvalue weighted by Gasteiger charge is 2.16. The van der Waals surface area contributed by atoms with Crippen molar-refractivity contribution in [3.8, 4) is 0 Å². The molecule has 0 saturated heterocycles. The summed E-state index contributed by atoms with van der Waals surface area (Å²) >= 11 is 1.66. The highest BCUT2D eigenvalue weighted by Crippen LogP contribution is 2.31. The number of fused-ring (bicyclic) bond motifs is 1. The molecule has 1 atom stereocenters. The summed E-state index contributed by atoms with van der Waals surface area (Å²) in [5, 5.41) is 9.66. The molecule has 1 unspecified atom stereocenters. The summed E-state index contributed by atoms with van der Waals surface area (Å²) in [6, 6.07) is 8.73. The van der Waals surface area contributed by atoms with Gasteiger partial charge < -0.3 is 5.32 Å². The Kier molecular flexibility index (Phi) is 5.03. The fraction of sp³-hybridized carbons (Fsp3) is 0.294. The monoisotopic (exact) mass is 376 g/mol. The number of hydrogen-bond donors (Lipinski definition) is 2. The number of aryl methyl sites for hydroxylation is 1. The summed E-state index contributed by atoms with van der Waals surface area (Å²) in [5.74, 6) is 0.758. The molecule has 0 fully saturated rings. The van der Waals surface area contributed by atoms with E-state index in [4.69, 9.17) is 5.14 Å². The fourth-order valence-electron chi connectivity index (χ4n) is 2.69. The van der Waals surface area contributed by atoms with Crippen molar-refractivity contribution in [2.75, 3.05) is 5.32 Å². The molecule has 3 rings (SSSR count). The number of primary sulfonamides is 1. The molecule has 0 aliphatic carbocycles. The molecule has 0 bridgehead atoms. The zero-order valence-electron chi connectivity index (χ0n) is 14.1. The summed E-state index contributed by atoms with van der Waals surface area (Å²) in [7, 11) is -3.73. The molecule has 3 aromatic rings. The second kappa shape index (κ2) is 7.07. The first-order chi connectivity index (χ1) is 11.9. The highest BCUT2D eigenvalue weighted by atomic mass is 32.2. The van der Waals surface area contributed by atoms with Gasteiger partial charge in [-0.05, 0) is 36.6 Å². The van der Waals surface area contributed by atoms with Crippen molar-refractivity contribution in [3.63, 3.8) is 0 Å². The molecular formula is C17H20N4O2S2. The van der Waals surface area contributed by atoms with E-state index < -0.39 is 10.0 Å². The molecule has 8 heteroatoms. The smallest absolute Gasteiger partial charge is 0.238 e. The molecule has 0 radical (unpaired) electrons. The van der Waals surface area contributed by atoms with Gasteiger partial charge in [-0.3, -0.25) is 0 Å². The standard InChI is InChI=1S/C17H20N4O2S2/c1-3-12-9-14-16(19-10-20-17(14)24-12)21-15(4-2)11-6-5-7-13(8-11)25(18,22)23/h5-10,15H,3-4H2,1-2H3,(H2,18,22,23)(H,19,20,21). The van der Waals surface area contributed by atoms with E-state index in [1.807, 2.05) is 13.0 Å². The number of benzene rings is 1. The van der Waals surface area contributed by atoms with Crippen LogP contribution in [0.15, 0.2) is 41.6 Å². The van der Waals surface area contributed by atoms with Gasteiger partial charge >= 0.3 is 0 Å². The Bertz CT molecular complexity index is 999. The van der Waals surface area contributed by atoms with Crippen molar-refractivity contribution in [2.45, 2.75) is 37.6 Å². The molecule has 2 heterocycles. The topological polar surface area (TPSA) is 98.0 Å². The Balaban J connectivity index is 1.97. The second-order valence-corrected chi connectivity index (χ2v) is 8.41. The molecule has 0 saturated carbocycles. The average molecular weight is 377 g/mol. The zero-order chi connectivity index (χ0) is 18.0. The van der Waals surface area contributed by atoms with Gasteiger partial charge in [0.25, 0.3) is 0 Å². The third-order valence-electron chi connectivity index (χ3n) is 4.04. The zero-order valence-corrected chi connectivity index (χ0v) is 15.7. The molecule has 0 aliphatic rings. The van der Waals surface area contributed by atoms with E-state index in [2.05, 4.69) is 28.3 Å².